The van der Waals surface area contributed by atoms with E-state index in [1.807, 2.05) is 0 Å². The summed E-state index contributed by atoms with van der Waals surface area (Å²) in [4.78, 5) is 4.50. The summed E-state index contributed by atoms with van der Waals surface area (Å²) in [5.74, 6) is 0.862. The fourth-order valence-corrected chi connectivity index (χ4v) is 4.17. The molecule has 0 amide bonds. The maximum atomic E-state index is 11.4. The van der Waals surface area contributed by atoms with Crippen molar-refractivity contribution in [1.29, 1.82) is 0 Å². The Bertz CT molecular complexity index is 886. The van der Waals surface area contributed by atoms with E-state index in [1.165, 1.54) is 76.3 Å². The first kappa shape index (κ1) is 23.8. The Labute approximate surface area is 180 Å². The van der Waals surface area contributed by atoms with E-state index in [-0.39, 0.29) is 4.90 Å². The molecule has 6 nitrogen and oxygen atoms in total. The third kappa shape index (κ3) is 8.40. The Morgan fingerprint density at radius 3 is 1.97 bits per heavy atom. The summed E-state index contributed by atoms with van der Waals surface area (Å²) in [6.07, 6.45) is 15.3. The molecule has 3 N–H and O–H groups in total. The molecule has 1 heterocycles. The topological polar surface area (TPSA) is 93.8 Å². The zero-order chi connectivity index (χ0) is 21.1. The highest BCUT2D eigenvalue weighted by Crippen LogP contribution is 2.14. The summed E-state index contributed by atoms with van der Waals surface area (Å²) in [5.41, 5.74) is 0.736. The second kappa shape index (κ2) is 12.2. The molecule has 0 fully saturated rings. The number of H-pyrrole nitrogens is 1. The quantitative estimate of drug-likeness (QED) is 0.304. The number of hydrogen-bond donors (Lipinski definition) is 2. The van der Waals surface area contributed by atoms with Crippen molar-refractivity contribution in [2.75, 3.05) is 0 Å². The molecule has 0 aliphatic carbocycles. The van der Waals surface area contributed by atoms with E-state index in [4.69, 9.17) is 17.4 Å². The molecule has 0 bridgehead atoms. The molecule has 0 saturated heterocycles. The van der Waals surface area contributed by atoms with Gasteiger partial charge in [0.1, 0.15) is 5.82 Å². The summed E-state index contributed by atoms with van der Waals surface area (Å²) in [5, 5.41) is 8.35. The number of nitrogens with two attached hydrogens (primary N) is 1. The summed E-state index contributed by atoms with van der Waals surface area (Å²) >= 11 is 5.33. The van der Waals surface area contributed by atoms with Crippen LogP contribution in [-0.2, 0) is 16.4 Å². The first-order chi connectivity index (χ1) is 13.9. The summed E-state index contributed by atoms with van der Waals surface area (Å²) in [6.45, 7) is 2.26. The van der Waals surface area contributed by atoms with Crippen LogP contribution >= 0.6 is 12.2 Å². The number of aromatic nitrogens is 3. The minimum absolute atomic E-state index is 0.0773. The predicted octanol–water partition coefficient (Wildman–Crippen LogP) is 5.43. The molecule has 162 valence electrons. The molecule has 2 aromatic rings. The lowest BCUT2D eigenvalue weighted by molar-refractivity contribution is 0.547. The smallest absolute Gasteiger partial charge is 0.238 e. The molecule has 0 aliphatic heterocycles. The summed E-state index contributed by atoms with van der Waals surface area (Å²) in [6, 6.07) is 6.27. The van der Waals surface area contributed by atoms with Crippen LogP contribution in [-0.4, -0.2) is 23.2 Å². The molecule has 8 heteroatoms. The van der Waals surface area contributed by atoms with Crippen molar-refractivity contribution in [3.05, 3.63) is 34.9 Å². The average molecular weight is 439 g/mol. The van der Waals surface area contributed by atoms with Gasteiger partial charge in [0.15, 0.2) is 0 Å². The Morgan fingerprint density at radius 2 is 1.45 bits per heavy atom. The second-order valence-corrected chi connectivity index (χ2v) is 9.54. The number of primary sulfonamides is 1. The number of benzene rings is 1. The van der Waals surface area contributed by atoms with Crippen LogP contribution in [0.1, 0.15) is 83.4 Å². The van der Waals surface area contributed by atoms with E-state index in [0.29, 0.717) is 4.77 Å². The second-order valence-electron chi connectivity index (χ2n) is 7.61. The van der Waals surface area contributed by atoms with E-state index in [1.54, 1.807) is 16.8 Å². The Morgan fingerprint density at radius 1 is 0.931 bits per heavy atom. The maximum Gasteiger partial charge on any atom is 0.238 e. The zero-order valence-electron chi connectivity index (χ0n) is 17.4. The number of aryl methyl sites for hydroxylation is 1. The molecule has 0 atom stereocenters. The van der Waals surface area contributed by atoms with Crippen LogP contribution in [0.3, 0.4) is 0 Å². The fraction of sp³-hybridized carbons (Fsp3) is 0.619. The normalized spacial score (nSPS) is 11.8. The van der Waals surface area contributed by atoms with Crippen molar-refractivity contribution in [2.24, 2.45) is 5.14 Å². The van der Waals surface area contributed by atoms with Crippen LogP contribution in [0, 0.1) is 4.77 Å². The van der Waals surface area contributed by atoms with Gasteiger partial charge in [0.25, 0.3) is 0 Å². The van der Waals surface area contributed by atoms with Gasteiger partial charge in [-0.25, -0.2) is 23.2 Å². The Kier molecular flexibility index (Phi) is 10.0. The number of nitrogens with zero attached hydrogens (tertiary/aromatic N) is 2. The van der Waals surface area contributed by atoms with Crippen molar-refractivity contribution in [3.63, 3.8) is 0 Å². The van der Waals surface area contributed by atoms with Gasteiger partial charge in [0.2, 0.25) is 14.8 Å². The van der Waals surface area contributed by atoms with Gasteiger partial charge in [-0.15, -0.1) is 0 Å². The molecule has 29 heavy (non-hydrogen) atoms. The van der Waals surface area contributed by atoms with Crippen LogP contribution in [0.25, 0.3) is 5.69 Å². The SMILES string of the molecule is CCCCCCCCCCCCCc1nc(=S)n(-c2ccc(S(N)(=O)=O)cc2)[nH]1. The molecule has 2 rings (SSSR count). The molecule has 0 unspecified atom stereocenters. The van der Waals surface area contributed by atoms with Crippen LogP contribution in [0.4, 0.5) is 0 Å². The lowest BCUT2D eigenvalue weighted by atomic mass is 10.1. The lowest BCUT2D eigenvalue weighted by Crippen LogP contribution is -2.12. The molecule has 1 aromatic carbocycles. The van der Waals surface area contributed by atoms with Crippen LogP contribution < -0.4 is 5.14 Å². The van der Waals surface area contributed by atoms with Gasteiger partial charge in [0.05, 0.1) is 10.6 Å². The molecule has 0 radical (unpaired) electrons. The molecular weight excluding hydrogens is 404 g/mol. The lowest BCUT2D eigenvalue weighted by Gasteiger charge is -2.04. The van der Waals surface area contributed by atoms with E-state index < -0.39 is 10.0 Å². The highest BCUT2D eigenvalue weighted by molar-refractivity contribution is 7.89. The molecule has 0 aliphatic rings. The predicted molar refractivity (Wildman–Crippen MR) is 120 cm³/mol. The highest BCUT2D eigenvalue weighted by Gasteiger charge is 2.09. The third-order valence-corrected chi connectivity index (χ3v) is 6.31. The number of hydrogen-bond acceptors (Lipinski definition) is 4. The zero-order valence-corrected chi connectivity index (χ0v) is 19.0. The van der Waals surface area contributed by atoms with Crippen LogP contribution in [0.15, 0.2) is 29.2 Å². The molecule has 1 aromatic heterocycles. The van der Waals surface area contributed by atoms with Crippen LogP contribution in [0.2, 0.25) is 0 Å². The van der Waals surface area contributed by atoms with Gasteiger partial charge in [-0.2, -0.15) is 0 Å². The monoisotopic (exact) mass is 438 g/mol. The summed E-state index contributed by atoms with van der Waals surface area (Å²) < 4.78 is 24.9. The average Bonchev–Trinajstić information content (AvgIpc) is 3.06. The van der Waals surface area contributed by atoms with Gasteiger partial charge in [-0.1, -0.05) is 71.1 Å². The van der Waals surface area contributed by atoms with Gasteiger partial charge in [-0.05, 0) is 42.9 Å². The number of aromatic amines is 1. The number of nitrogens with one attached hydrogen (secondary N) is 1. The number of sulfonamides is 1. The van der Waals surface area contributed by atoms with Crippen molar-refractivity contribution in [3.8, 4) is 5.69 Å². The van der Waals surface area contributed by atoms with E-state index in [2.05, 4.69) is 17.0 Å². The standard InChI is InChI=1S/C21H34N4O2S2/c1-2-3-4-5-6-7-8-9-10-11-12-13-20-23-21(28)25(24-20)18-14-16-19(17-15-18)29(22,26)27/h14-17H,2-13H2,1H3,(H2,22,26,27)(H,23,24,28). The molecular formula is C21H34N4O2S2. The van der Waals surface area contributed by atoms with Crippen LogP contribution in [0.5, 0.6) is 0 Å². The molecule has 0 saturated carbocycles. The van der Waals surface area contributed by atoms with Gasteiger partial charge < -0.3 is 0 Å². The highest BCUT2D eigenvalue weighted by atomic mass is 32.2. The van der Waals surface area contributed by atoms with Gasteiger partial charge >= 0.3 is 0 Å². The van der Waals surface area contributed by atoms with Gasteiger partial charge in [-0.3, -0.25) is 5.10 Å². The van der Waals surface area contributed by atoms with Gasteiger partial charge in [0, 0.05) is 6.42 Å². The van der Waals surface area contributed by atoms with E-state index in [0.717, 1.165) is 24.4 Å². The van der Waals surface area contributed by atoms with Crippen molar-refractivity contribution in [2.45, 2.75) is 88.9 Å². The maximum absolute atomic E-state index is 11.4. The Balaban J connectivity index is 1.70. The van der Waals surface area contributed by atoms with E-state index >= 15 is 0 Å². The largest absolute Gasteiger partial charge is 0.278 e. The number of rotatable bonds is 14. The van der Waals surface area contributed by atoms with E-state index in [9.17, 15) is 8.42 Å². The molecule has 0 spiro atoms. The van der Waals surface area contributed by atoms with Crippen molar-refractivity contribution in [1.82, 2.24) is 14.8 Å². The minimum atomic E-state index is -3.70. The first-order valence-electron chi connectivity index (χ1n) is 10.7. The van der Waals surface area contributed by atoms with Crippen molar-refractivity contribution >= 4 is 22.2 Å². The Hall–Kier alpha value is -1.51. The summed E-state index contributed by atoms with van der Waals surface area (Å²) in [7, 11) is -3.70. The minimum Gasteiger partial charge on any atom is -0.278 e. The fourth-order valence-electron chi connectivity index (χ4n) is 3.40. The number of unbranched alkanes of at least 4 members (excludes halogenated alkanes) is 10. The third-order valence-electron chi connectivity index (χ3n) is 5.10. The van der Waals surface area contributed by atoms with Crippen molar-refractivity contribution < 1.29 is 8.42 Å². The first-order valence-corrected chi connectivity index (χ1v) is 12.7.